The molecular weight excluding hydrogens is 306 g/mol. The lowest BCUT2D eigenvalue weighted by atomic mass is 9.92. The van der Waals surface area contributed by atoms with Crippen LogP contribution in [0, 0.1) is 0 Å². The van der Waals surface area contributed by atoms with E-state index in [1.165, 1.54) is 0 Å². The van der Waals surface area contributed by atoms with E-state index in [1.807, 2.05) is 43.9 Å². The Kier molecular flexibility index (Phi) is 5.11. The Morgan fingerprint density at radius 2 is 1.96 bits per heavy atom. The Hall–Kier alpha value is -1.59. The molecule has 0 radical (unpaired) electrons. The van der Waals surface area contributed by atoms with E-state index in [-0.39, 0.29) is 24.3 Å². The van der Waals surface area contributed by atoms with Gasteiger partial charge in [0.25, 0.3) is 0 Å². The summed E-state index contributed by atoms with van der Waals surface area (Å²) in [5.41, 5.74) is 0.643. The summed E-state index contributed by atoms with van der Waals surface area (Å²) in [4.78, 5) is 14.5. The molecule has 0 aliphatic carbocycles. The average Bonchev–Trinajstić information content (AvgIpc) is 2.53. The number of ether oxygens (including phenoxy) is 3. The van der Waals surface area contributed by atoms with Crippen molar-refractivity contribution in [3.8, 4) is 0 Å². The normalized spacial score (nSPS) is 27.0. The number of carbonyl (C=O) groups is 1. The van der Waals surface area contributed by atoms with E-state index in [0.717, 1.165) is 18.4 Å². The largest absolute Gasteiger partial charge is 0.444 e. The van der Waals surface area contributed by atoms with Crippen molar-refractivity contribution in [2.75, 3.05) is 13.2 Å². The predicted octanol–water partition coefficient (Wildman–Crippen LogP) is 3.37. The maximum atomic E-state index is 12.6. The van der Waals surface area contributed by atoms with Gasteiger partial charge in [-0.25, -0.2) is 4.79 Å². The zero-order valence-corrected chi connectivity index (χ0v) is 14.7. The summed E-state index contributed by atoms with van der Waals surface area (Å²) >= 11 is 0. The Labute approximate surface area is 143 Å². The first-order chi connectivity index (χ1) is 11.4. The van der Waals surface area contributed by atoms with Crippen molar-refractivity contribution in [1.29, 1.82) is 0 Å². The highest BCUT2D eigenvalue weighted by Gasteiger charge is 2.45. The molecule has 1 aromatic rings. The first kappa shape index (κ1) is 17.2. The second-order valence-electron chi connectivity index (χ2n) is 7.56. The molecular formula is C19H27NO4. The molecule has 3 unspecified atom stereocenters. The Bertz CT molecular complexity index is 554. The highest BCUT2D eigenvalue weighted by molar-refractivity contribution is 5.69. The number of benzene rings is 1. The van der Waals surface area contributed by atoms with Crippen LogP contribution in [0.1, 0.15) is 39.2 Å². The van der Waals surface area contributed by atoms with Crippen LogP contribution in [0.15, 0.2) is 30.3 Å². The number of hydrogen-bond donors (Lipinski definition) is 0. The summed E-state index contributed by atoms with van der Waals surface area (Å²) in [5.74, 6) is 0. The molecule has 132 valence electrons. The fourth-order valence-corrected chi connectivity index (χ4v) is 3.39. The fourth-order valence-electron chi connectivity index (χ4n) is 3.39. The number of carbonyl (C=O) groups excluding carboxylic acids is 1. The second kappa shape index (κ2) is 7.11. The molecule has 2 aliphatic heterocycles. The highest BCUT2D eigenvalue weighted by Crippen LogP contribution is 2.31. The first-order valence-corrected chi connectivity index (χ1v) is 8.68. The Balaban J connectivity index is 1.67. The molecule has 2 bridgehead atoms. The monoisotopic (exact) mass is 333 g/mol. The number of nitrogens with zero attached hydrogens (tertiary/aromatic N) is 1. The lowest BCUT2D eigenvalue weighted by Gasteiger charge is -2.48. The van der Waals surface area contributed by atoms with Crippen molar-refractivity contribution in [2.24, 2.45) is 0 Å². The van der Waals surface area contributed by atoms with Crippen molar-refractivity contribution < 1.29 is 19.0 Å². The fraction of sp³-hybridized carbons (Fsp3) is 0.632. The summed E-state index contributed by atoms with van der Waals surface area (Å²) < 4.78 is 17.4. The van der Waals surface area contributed by atoms with Crippen molar-refractivity contribution in [3.05, 3.63) is 35.9 Å². The van der Waals surface area contributed by atoms with Gasteiger partial charge in [-0.05, 0) is 39.2 Å². The van der Waals surface area contributed by atoms with E-state index in [2.05, 4.69) is 12.1 Å². The molecule has 2 heterocycles. The Morgan fingerprint density at radius 1 is 1.21 bits per heavy atom. The van der Waals surface area contributed by atoms with Crippen molar-refractivity contribution in [3.63, 3.8) is 0 Å². The molecule has 2 fully saturated rings. The van der Waals surface area contributed by atoms with Crippen LogP contribution in [0.3, 0.4) is 0 Å². The van der Waals surface area contributed by atoms with Gasteiger partial charge in [0.1, 0.15) is 5.60 Å². The third-order valence-corrected chi connectivity index (χ3v) is 4.47. The number of hydrogen-bond acceptors (Lipinski definition) is 4. The van der Waals surface area contributed by atoms with Crippen LogP contribution in [0.5, 0.6) is 0 Å². The number of amides is 1. The third kappa shape index (κ3) is 4.08. The standard InChI is InChI=1S/C19H27NO4/c1-19(2,3)24-18(21)20-15-9-10-17(16(20)13-22-12-15)23-11-14-7-5-4-6-8-14/h4-8,15-17H,9-13H2,1-3H3. The molecule has 1 amide bonds. The minimum Gasteiger partial charge on any atom is -0.444 e. The van der Waals surface area contributed by atoms with Gasteiger partial charge in [0, 0.05) is 0 Å². The molecule has 5 heteroatoms. The van der Waals surface area contributed by atoms with Gasteiger partial charge in [-0.2, -0.15) is 0 Å². The van der Waals surface area contributed by atoms with Gasteiger partial charge in [0.2, 0.25) is 0 Å². The van der Waals surface area contributed by atoms with E-state index in [0.29, 0.717) is 19.8 Å². The first-order valence-electron chi connectivity index (χ1n) is 8.68. The van der Waals surface area contributed by atoms with E-state index in [9.17, 15) is 4.79 Å². The summed E-state index contributed by atoms with van der Waals surface area (Å²) in [7, 11) is 0. The molecule has 0 N–H and O–H groups in total. The number of fused-ring (bicyclic) bond motifs is 2. The van der Waals surface area contributed by atoms with Crippen LogP contribution in [0.2, 0.25) is 0 Å². The zero-order chi connectivity index (χ0) is 17.2. The van der Waals surface area contributed by atoms with Gasteiger partial charge in [-0.3, -0.25) is 4.90 Å². The van der Waals surface area contributed by atoms with Crippen LogP contribution in [-0.2, 0) is 20.8 Å². The van der Waals surface area contributed by atoms with Gasteiger partial charge < -0.3 is 14.2 Å². The molecule has 1 aromatic carbocycles. The maximum Gasteiger partial charge on any atom is 0.411 e. The summed E-state index contributed by atoms with van der Waals surface area (Å²) in [6, 6.07) is 10.1. The van der Waals surface area contributed by atoms with Gasteiger partial charge >= 0.3 is 6.09 Å². The summed E-state index contributed by atoms with van der Waals surface area (Å²) in [6.07, 6.45) is 1.56. The van der Waals surface area contributed by atoms with E-state index in [4.69, 9.17) is 14.2 Å². The maximum absolute atomic E-state index is 12.6. The molecule has 2 saturated heterocycles. The van der Waals surface area contributed by atoms with Gasteiger partial charge in [-0.1, -0.05) is 30.3 Å². The predicted molar refractivity (Wildman–Crippen MR) is 90.7 cm³/mol. The second-order valence-corrected chi connectivity index (χ2v) is 7.56. The molecule has 5 nitrogen and oxygen atoms in total. The topological polar surface area (TPSA) is 48.0 Å². The third-order valence-electron chi connectivity index (χ3n) is 4.47. The average molecular weight is 333 g/mol. The molecule has 3 rings (SSSR count). The number of rotatable bonds is 3. The SMILES string of the molecule is CC(C)(C)OC(=O)N1C2CCC(OCc3ccccc3)C1COC2. The highest BCUT2D eigenvalue weighted by atomic mass is 16.6. The van der Waals surface area contributed by atoms with Gasteiger partial charge in [0.05, 0.1) is 38.0 Å². The minimum atomic E-state index is -0.496. The summed E-state index contributed by atoms with van der Waals surface area (Å²) in [5, 5.41) is 0. The van der Waals surface area contributed by atoms with Crippen LogP contribution in [0.25, 0.3) is 0 Å². The molecule has 0 aromatic heterocycles. The Morgan fingerprint density at radius 3 is 2.67 bits per heavy atom. The van der Waals surface area contributed by atoms with Crippen molar-refractivity contribution >= 4 is 6.09 Å². The van der Waals surface area contributed by atoms with Gasteiger partial charge in [0.15, 0.2) is 0 Å². The molecule has 24 heavy (non-hydrogen) atoms. The van der Waals surface area contributed by atoms with Gasteiger partial charge in [-0.15, -0.1) is 0 Å². The molecule has 0 spiro atoms. The van der Waals surface area contributed by atoms with E-state index in [1.54, 1.807) is 0 Å². The lowest BCUT2D eigenvalue weighted by molar-refractivity contribution is -0.137. The number of piperidine rings is 1. The van der Waals surface area contributed by atoms with Crippen LogP contribution in [-0.4, -0.2) is 48.0 Å². The van der Waals surface area contributed by atoms with Crippen molar-refractivity contribution in [2.45, 2.75) is 64.0 Å². The smallest absolute Gasteiger partial charge is 0.411 e. The van der Waals surface area contributed by atoms with E-state index >= 15 is 0 Å². The lowest BCUT2D eigenvalue weighted by Crippen LogP contribution is -2.63. The quantitative estimate of drug-likeness (QED) is 0.851. The summed E-state index contributed by atoms with van der Waals surface area (Å²) in [6.45, 7) is 7.32. The zero-order valence-electron chi connectivity index (χ0n) is 14.7. The van der Waals surface area contributed by atoms with Crippen LogP contribution in [0.4, 0.5) is 4.79 Å². The van der Waals surface area contributed by atoms with Crippen molar-refractivity contribution in [1.82, 2.24) is 4.90 Å². The van der Waals surface area contributed by atoms with E-state index < -0.39 is 5.60 Å². The van der Waals surface area contributed by atoms with Crippen LogP contribution < -0.4 is 0 Å². The number of morpholine rings is 1. The molecule has 2 aliphatic rings. The molecule has 3 atom stereocenters. The molecule has 0 saturated carbocycles. The van der Waals surface area contributed by atoms with Crippen LogP contribution >= 0.6 is 0 Å². The minimum absolute atomic E-state index is 0.0192.